The molecular weight excluding hydrogens is 230 g/mol. The number of hydrogen-bond acceptors (Lipinski definition) is 2. The van der Waals surface area contributed by atoms with Gasteiger partial charge in [-0.25, -0.2) is 0 Å². The van der Waals surface area contributed by atoms with Crippen LogP contribution in [0.1, 0.15) is 25.8 Å². The molecule has 0 saturated heterocycles. The van der Waals surface area contributed by atoms with Gasteiger partial charge >= 0.3 is 0 Å². The maximum atomic E-state index is 11.6. The second kappa shape index (κ2) is 6.13. The molecule has 0 aliphatic heterocycles. The van der Waals surface area contributed by atoms with Crippen molar-refractivity contribution in [1.82, 2.24) is 5.32 Å². The number of halogens is 1. The van der Waals surface area contributed by atoms with E-state index in [9.17, 15) is 4.79 Å². The molecule has 0 bridgehead atoms. The molecule has 0 saturated carbocycles. The van der Waals surface area contributed by atoms with Crippen LogP contribution < -0.4 is 5.32 Å². The maximum absolute atomic E-state index is 11.6. The lowest BCUT2D eigenvalue weighted by molar-refractivity contribution is -0.121. The molecule has 1 aromatic rings. The van der Waals surface area contributed by atoms with Gasteiger partial charge in [0.05, 0.1) is 6.42 Å². The van der Waals surface area contributed by atoms with E-state index >= 15 is 0 Å². The first-order chi connectivity index (χ1) is 7.08. The van der Waals surface area contributed by atoms with Crippen molar-refractivity contribution < 1.29 is 4.79 Å². The molecule has 0 aliphatic rings. The van der Waals surface area contributed by atoms with E-state index in [4.69, 9.17) is 11.6 Å². The number of carbonyl (C=O) groups is 1. The average Bonchev–Trinajstić information content (AvgIpc) is 2.53. The summed E-state index contributed by atoms with van der Waals surface area (Å²) in [5, 5.41) is 7.00. The van der Waals surface area contributed by atoms with Crippen molar-refractivity contribution >= 4 is 28.8 Å². The van der Waals surface area contributed by atoms with Crippen LogP contribution in [0, 0.1) is 0 Å². The molecule has 1 N–H and O–H groups in total. The summed E-state index contributed by atoms with van der Waals surface area (Å²) in [6, 6.07) is 2.11. The Morgan fingerprint density at radius 3 is 2.87 bits per heavy atom. The van der Waals surface area contributed by atoms with Gasteiger partial charge in [-0.3, -0.25) is 4.79 Å². The number of amides is 1. The number of hydrogen-bond donors (Lipinski definition) is 1. The largest absolute Gasteiger partial charge is 0.353 e. The first-order valence-corrected chi connectivity index (χ1v) is 6.40. The fourth-order valence-electron chi connectivity index (χ4n) is 1.45. The van der Waals surface area contributed by atoms with Gasteiger partial charge in [0.1, 0.15) is 0 Å². The van der Waals surface area contributed by atoms with Crippen molar-refractivity contribution in [2.45, 2.75) is 38.1 Å². The number of rotatable bonds is 5. The first-order valence-electron chi connectivity index (χ1n) is 5.02. The zero-order valence-electron chi connectivity index (χ0n) is 9.00. The van der Waals surface area contributed by atoms with E-state index in [0.29, 0.717) is 6.42 Å². The van der Waals surface area contributed by atoms with Crippen LogP contribution in [0.25, 0.3) is 0 Å². The van der Waals surface area contributed by atoms with Gasteiger partial charge in [-0.15, -0.1) is 11.6 Å². The monoisotopic (exact) mass is 245 g/mol. The number of alkyl halides is 1. The molecule has 2 nitrogen and oxygen atoms in total. The second-order valence-corrected chi connectivity index (χ2v) is 5.32. The molecule has 84 valence electrons. The maximum Gasteiger partial charge on any atom is 0.224 e. The SMILES string of the molecule is CC(Cl)CC(C)NC(=O)Cc1ccsc1. The van der Waals surface area contributed by atoms with Gasteiger partial charge < -0.3 is 5.32 Å². The van der Waals surface area contributed by atoms with Crippen LogP contribution in [0.5, 0.6) is 0 Å². The molecule has 1 heterocycles. The predicted octanol–water partition coefficient (Wildman–Crippen LogP) is 2.81. The summed E-state index contributed by atoms with van der Waals surface area (Å²) in [4.78, 5) is 11.6. The van der Waals surface area contributed by atoms with Crippen LogP contribution in [0.3, 0.4) is 0 Å². The molecule has 0 radical (unpaired) electrons. The highest BCUT2D eigenvalue weighted by atomic mass is 35.5. The molecular formula is C11H16ClNOS. The minimum absolute atomic E-state index is 0.0678. The Labute approximate surface area is 99.6 Å². The normalized spacial score (nSPS) is 14.6. The predicted molar refractivity (Wildman–Crippen MR) is 65.6 cm³/mol. The van der Waals surface area contributed by atoms with Gasteiger partial charge in [0, 0.05) is 11.4 Å². The van der Waals surface area contributed by atoms with Gasteiger partial charge in [0.15, 0.2) is 0 Å². The molecule has 4 heteroatoms. The van der Waals surface area contributed by atoms with Crippen molar-refractivity contribution in [3.05, 3.63) is 22.4 Å². The van der Waals surface area contributed by atoms with E-state index in [1.54, 1.807) is 11.3 Å². The second-order valence-electron chi connectivity index (χ2n) is 3.79. The molecule has 1 aromatic heterocycles. The van der Waals surface area contributed by atoms with Gasteiger partial charge in [-0.1, -0.05) is 0 Å². The number of carbonyl (C=O) groups excluding carboxylic acids is 1. The Kier molecular flexibility index (Phi) is 5.12. The van der Waals surface area contributed by atoms with Crippen LogP contribution in [-0.4, -0.2) is 17.3 Å². The highest BCUT2D eigenvalue weighted by Gasteiger charge is 2.10. The smallest absolute Gasteiger partial charge is 0.224 e. The standard InChI is InChI=1S/C11H16ClNOS/c1-8(12)5-9(2)13-11(14)6-10-3-4-15-7-10/h3-4,7-9H,5-6H2,1-2H3,(H,13,14). The fraction of sp³-hybridized carbons (Fsp3) is 0.545. The highest BCUT2D eigenvalue weighted by molar-refractivity contribution is 7.07. The zero-order chi connectivity index (χ0) is 11.3. The fourth-order valence-corrected chi connectivity index (χ4v) is 2.39. The van der Waals surface area contributed by atoms with Crippen LogP contribution in [0.15, 0.2) is 16.8 Å². The minimum atomic E-state index is 0.0678. The van der Waals surface area contributed by atoms with Crippen LogP contribution in [0.2, 0.25) is 0 Å². The van der Waals surface area contributed by atoms with Gasteiger partial charge in [0.25, 0.3) is 0 Å². The lowest BCUT2D eigenvalue weighted by Gasteiger charge is -2.14. The van der Waals surface area contributed by atoms with E-state index in [1.807, 2.05) is 30.7 Å². The topological polar surface area (TPSA) is 29.1 Å². The number of nitrogens with one attached hydrogen (secondary N) is 1. The third-order valence-electron chi connectivity index (χ3n) is 2.03. The Morgan fingerprint density at radius 2 is 2.33 bits per heavy atom. The summed E-state index contributed by atoms with van der Waals surface area (Å²) in [6.07, 6.45) is 1.27. The molecule has 15 heavy (non-hydrogen) atoms. The first kappa shape index (κ1) is 12.5. The molecule has 1 amide bonds. The molecule has 2 atom stereocenters. The molecule has 1 rings (SSSR count). The van der Waals surface area contributed by atoms with Crippen molar-refractivity contribution in [2.75, 3.05) is 0 Å². The van der Waals surface area contributed by atoms with Crippen LogP contribution in [0.4, 0.5) is 0 Å². The molecule has 0 spiro atoms. The van der Waals surface area contributed by atoms with Crippen molar-refractivity contribution in [3.8, 4) is 0 Å². The lowest BCUT2D eigenvalue weighted by atomic mass is 10.1. The Hall–Kier alpha value is -0.540. The minimum Gasteiger partial charge on any atom is -0.353 e. The summed E-state index contributed by atoms with van der Waals surface area (Å²) in [6.45, 7) is 3.91. The summed E-state index contributed by atoms with van der Waals surface area (Å²) in [5.74, 6) is 0.0678. The van der Waals surface area contributed by atoms with Gasteiger partial charge in [-0.2, -0.15) is 11.3 Å². The van der Waals surface area contributed by atoms with Crippen LogP contribution >= 0.6 is 22.9 Å². The van der Waals surface area contributed by atoms with Gasteiger partial charge in [0.2, 0.25) is 5.91 Å². The summed E-state index contributed by atoms with van der Waals surface area (Å²) >= 11 is 7.46. The van der Waals surface area contributed by atoms with E-state index in [0.717, 1.165) is 12.0 Å². The molecule has 0 fully saturated rings. The van der Waals surface area contributed by atoms with Crippen molar-refractivity contribution in [3.63, 3.8) is 0 Å². The third-order valence-corrected chi connectivity index (χ3v) is 2.94. The Bertz CT molecular complexity index is 298. The summed E-state index contributed by atoms with van der Waals surface area (Å²) in [5.41, 5.74) is 1.07. The zero-order valence-corrected chi connectivity index (χ0v) is 10.6. The summed E-state index contributed by atoms with van der Waals surface area (Å²) in [7, 11) is 0. The Balaban J connectivity index is 2.30. The van der Waals surface area contributed by atoms with Crippen molar-refractivity contribution in [1.29, 1.82) is 0 Å². The average molecular weight is 246 g/mol. The Morgan fingerprint density at radius 1 is 1.60 bits per heavy atom. The van der Waals surface area contributed by atoms with Crippen molar-refractivity contribution in [2.24, 2.45) is 0 Å². The molecule has 0 aliphatic carbocycles. The van der Waals surface area contributed by atoms with E-state index in [2.05, 4.69) is 5.32 Å². The number of thiophene rings is 1. The van der Waals surface area contributed by atoms with Gasteiger partial charge in [-0.05, 0) is 42.7 Å². The van der Waals surface area contributed by atoms with E-state index in [-0.39, 0.29) is 17.3 Å². The lowest BCUT2D eigenvalue weighted by Crippen LogP contribution is -2.34. The quantitative estimate of drug-likeness (QED) is 0.795. The van der Waals surface area contributed by atoms with E-state index in [1.165, 1.54) is 0 Å². The molecule has 0 aromatic carbocycles. The van der Waals surface area contributed by atoms with Crippen LogP contribution in [-0.2, 0) is 11.2 Å². The third kappa shape index (κ3) is 5.19. The highest BCUT2D eigenvalue weighted by Crippen LogP contribution is 2.08. The van der Waals surface area contributed by atoms with E-state index < -0.39 is 0 Å². The molecule has 2 unspecified atom stereocenters. The summed E-state index contributed by atoms with van der Waals surface area (Å²) < 4.78 is 0.